The van der Waals surface area contributed by atoms with Crippen molar-refractivity contribution in [1.29, 1.82) is 5.26 Å². The number of nitriles is 1. The molecule has 2 atom stereocenters. The zero-order valence-electron chi connectivity index (χ0n) is 10.7. The highest BCUT2D eigenvalue weighted by Crippen LogP contribution is 2.17. The summed E-state index contributed by atoms with van der Waals surface area (Å²) in [5, 5.41) is 8.87. The van der Waals surface area contributed by atoms with E-state index in [9.17, 15) is 4.79 Å². The van der Waals surface area contributed by atoms with Crippen LogP contribution in [0.3, 0.4) is 0 Å². The summed E-state index contributed by atoms with van der Waals surface area (Å²) in [5.74, 6) is 0.289. The number of hydrogen-bond acceptors (Lipinski definition) is 3. The molecular weight excluding hydrogens is 264 g/mol. The average Bonchev–Trinajstić information content (AvgIpc) is 2.47. The molecule has 1 aromatic carbocycles. The van der Waals surface area contributed by atoms with Gasteiger partial charge in [0.2, 0.25) is 0 Å². The topological polar surface area (TPSA) is 53.3 Å². The van der Waals surface area contributed by atoms with Crippen LogP contribution in [0.1, 0.15) is 22.8 Å². The third kappa shape index (κ3) is 3.06. The van der Waals surface area contributed by atoms with Gasteiger partial charge in [-0.25, -0.2) is 0 Å². The third-order valence-electron chi connectivity index (χ3n) is 3.18. The van der Waals surface area contributed by atoms with Gasteiger partial charge in [0.15, 0.2) is 0 Å². The fourth-order valence-corrected chi connectivity index (χ4v) is 2.27. The number of hydrogen-bond donors (Lipinski definition) is 0. The largest absolute Gasteiger partial charge is 0.373 e. The van der Waals surface area contributed by atoms with Crippen molar-refractivity contribution in [2.24, 2.45) is 0 Å². The lowest BCUT2D eigenvalue weighted by Crippen LogP contribution is -2.51. The highest BCUT2D eigenvalue weighted by Gasteiger charge is 2.29. The average molecular weight is 279 g/mol. The molecule has 0 spiro atoms. The van der Waals surface area contributed by atoms with Gasteiger partial charge in [0.1, 0.15) is 0 Å². The van der Waals surface area contributed by atoms with Crippen LogP contribution >= 0.6 is 11.6 Å². The second-order valence-electron chi connectivity index (χ2n) is 4.61. The first-order valence-electron chi connectivity index (χ1n) is 6.14. The van der Waals surface area contributed by atoms with Gasteiger partial charge in [-0.15, -0.1) is 11.6 Å². The standard InChI is InChI=1S/C14H15ClN2O2/c1-10-9-19-13(6-15)8-17(10)14(18)12-4-2-3-11(5-12)7-16/h2-5,10,13H,6,8-9H2,1H3. The lowest BCUT2D eigenvalue weighted by molar-refractivity contribution is -0.0371. The Morgan fingerprint density at radius 2 is 2.42 bits per heavy atom. The third-order valence-corrected chi connectivity index (χ3v) is 3.52. The number of alkyl halides is 1. The molecule has 2 rings (SSSR count). The highest BCUT2D eigenvalue weighted by molar-refractivity contribution is 6.18. The van der Waals surface area contributed by atoms with Crippen LogP contribution in [0.5, 0.6) is 0 Å². The minimum Gasteiger partial charge on any atom is -0.373 e. The molecule has 0 aliphatic carbocycles. The number of ether oxygens (including phenoxy) is 1. The summed E-state index contributed by atoms with van der Waals surface area (Å²) in [6.07, 6.45) is -0.124. The van der Waals surface area contributed by atoms with Crippen molar-refractivity contribution in [2.75, 3.05) is 19.0 Å². The van der Waals surface area contributed by atoms with E-state index in [0.717, 1.165) is 0 Å². The smallest absolute Gasteiger partial charge is 0.254 e. The maximum atomic E-state index is 12.5. The van der Waals surface area contributed by atoms with E-state index in [1.54, 1.807) is 29.2 Å². The monoisotopic (exact) mass is 278 g/mol. The van der Waals surface area contributed by atoms with Gasteiger partial charge in [-0.05, 0) is 25.1 Å². The second-order valence-corrected chi connectivity index (χ2v) is 4.92. The van der Waals surface area contributed by atoms with Crippen molar-refractivity contribution >= 4 is 17.5 Å². The molecule has 0 N–H and O–H groups in total. The molecule has 1 aliphatic rings. The van der Waals surface area contributed by atoms with Gasteiger partial charge in [0, 0.05) is 12.1 Å². The number of benzene rings is 1. The number of carbonyl (C=O) groups is 1. The lowest BCUT2D eigenvalue weighted by Gasteiger charge is -2.37. The Kier molecular flexibility index (Phi) is 4.41. The van der Waals surface area contributed by atoms with Crippen LogP contribution in [0.15, 0.2) is 24.3 Å². The summed E-state index contributed by atoms with van der Waals surface area (Å²) in [7, 11) is 0. The van der Waals surface area contributed by atoms with Crippen molar-refractivity contribution in [1.82, 2.24) is 4.90 Å². The zero-order valence-corrected chi connectivity index (χ0v) is 11.4. The minimum absolute atomic E-state index is 0.0118. The zero-order chi connectivity index (χ0) is 13.8. The first-order valence-corrected chi connectivity index (χ1v) is 6.68. The van der Waals surface area contributed by atoms with Gasteiger partial charge in [0.25, 0.3) is 5.91 Å². The summed E-state index contributed by atoms with van der Waals surface area (Å²) in [4.78, 5) is 14.2. The number of carbonyl (C=O) groups excluding carboxylic acids is 1. The van der Waals surface area contributed by atoms with Crippen molar-refractivity contribution in [3.63, 3.8) is 0 Å². The van der Waals surface area contributed by atoms with E-state index >= 15 is 0 Å². The van der Waals surface area contributed by atoms with Crippen LogP contribution in [0.4, 0.5) is 0 Å². The SMILES string of the molecule is CC1COC(CCl)CN1C(=O)c1cccc(C#N)c1. The molecule has 1 amide bonds. The molecule has 0 saturated carbocycles. The molecule has 2 unspecified atom stereocenters. The number of rotatable bonds is 2. The Morgan fingerprint density at radius 1 is 1.63 bits per heavy atom. The molecule has 100 valence electrons. The summed E-state index contributed by atoms with van der Waals surface area (Å²) >= 11 is 5.79. The second kappa shape index (κ2) is 6.05. The predicted octanol–water partition coefficient (Wildman–Crippen LogP) is 2.03. The van der Waals surface area contributed by atoms with E-state index in [-0.39, 0.29) is 18.1 Å². The number of amides is 1. The Hall–Kier alpha value is -1.57. The van der Waals surface area contributed by atoms with Gasteiger partial charge in [0.05, 0.1) is 36.3 Å². The first-order chi connectivity index (χ1) is 9.15. The van der Waals surface area contributed by atoms with E-state index in [4.69, 9.17) is 21.6 Å². The van der Waals surface area contributed by atoms with Gasteiger partial charge in [-0.3, -0.25) is 4.79 Å². The van der Waals surface area contributed by atoms with E-state index in [1.807, 2.05) is 13.0 Å². The Balaban J connectivity index is 2.19. The Morgan fingerprint density at radius 3 is 3.11 bits per heavy atom. The van der Waals surface area contributed by atoms with E-state index in [1.165, 1.54) is 0 Å². The molecule has 1 fully saturated rings. The highest BCUT2D eigenvalue weighted by atomic mass is 35.5. The van der Waals surface area contributed by atoms with E-state index in [2.05, 4.69) is 0 Å². The molecule has 1 aliphatic heterocycles. The first kappa shape index (κ1) is 13.9. The predicted molar refractivity (Wildman–Crippen MR) is 72.1 cm³/mol. The van der Waals surface area contributed by atoms with Crippen LogP contribution in [0.25, 0.3) is 0 Å². The fraction of sp³-hybridized carbons (Fsp3) is 0.429. The van der Waals surface area contributed by atoms with Gasteiger partial charge >= 0.3 is 0 Å². The summed E-state index contributed by atoms with van der Waals surface area (Å²) in [6, 6.07) is 8.79. The number of nitrogens with zero attached hydrogens (tertiary/aromatic N) is 2. The van der Waals surface area contributed by atoms with Gasteiger partial charge < -0.3 is 9.64 Å². The molecule has 1 aromatic rings. The Labute approximate surface area is 117 Å². The maximum absolute atomic E-state index is 12.5. The molecule has 0 bridgehead atoms. The fourth-order valence-electron chi connectivity index (χ4n) is 2.08. The van der Waals surface area contributed by atoms with Crippen molar-refractivity contribution < 1.29 is 9.53 Å². The minimum atomic E-state index is -0.124. The molecular formula is C14H15ClN2O2. The molecule has 0 aromatic heterocycles. The molecule has 5 heteroatoms. The normalized spacial score (nSPS) is 22.9. The molecule has 1 saturated heterocycles. The summed E-state index contributed by atoms with van der Waals surface area (Å²) in [6.45, 7) is 2.91. The van der Waals surface area contributed by atoms with Crippen LogP contribution < -0.4 is 0 Å². The maximum Gasteiger partial charge on any atom is 0.254 e. The Bertz CT molecular complexity index is 512. The van der Waals surface area contributed by atoms with Crippen molar-refractivity contribution in [3.8, 4) is 6.07 Å². The number of halogens is 1. The number of morpholine rings is 1. The van der Waals surface area contributed by atoms with E-state index < -0.39 is 0 Å². The van der Waals surface area contributed by atoms with Crippen LogP contribution in [0.2, 0.25) is 0 Å². The van der Waals surface area contributed by atoms with Crippen molar-refractivity contribution in [2.45, 2.75) is 19.1 Å². The van der Waals surface area contributed by atoms with E-state index in [0.29, 0.717) is 30.2 Å². The van der Waals surface area contributed by atoms with Crippen LogP contribution in [-0.2, 0) is 4.74 Å². The lowest BCUT2D eigenvalue weighted by atomic mass is 10.1. The summed E-state index contributed by atoms with van der Waals surface area (Å²) in [5.41, 5.74) is 1.02. The molecule has 1 heterocycles. The quantitative estimate of drug-likeness (QED) is 0.778. The van der Waals surface area contributed by atoms with Crippen LogP contribution in [-0.4, -0.2) is 42.0 Å². The summed E-state index contributed by atoms with van der Waals surface area (Å²) < 4.78 is 5.52. The molecule has 0 radical (unpaired) electrons. The van der Waals surface area contributed by atoms with Crippen molar-refractivity contribution in [3.05, 3.63) is 35.4 Å². The molecule has 4 nitrogen and oxygen atoms in total. The van der Waals surface area contributed by atoms with Crippen LogP contribution in [0, 0.1) is 11.3 Å². The van der Waals surface area contributed by atoms with Gasteiger partial charge in [-0.2, -0.15) is 5.26 Å². The van der Waals surface area contributed by atoms with Gasteiger partial charge in [-0.1, -0.05) is 6.07 Å². The molecule has 19 heavy (non-hydrogen) atoms.